The molecule has 0 saturated heterocycles. The third kappa shape index (κ3) is 6.39. The minimum atomic E-state index is -0.303. The molecule has 0 unspecified atom stereocenters. The fraction of sp³-hybridized carbons (Fsp3) is 0.250. The fourth-order valence-electron chi connectivity index (χ4n) is 1.95. The van der Waals surface area contributed by atoms with Gasteiger partial charge in [-0.3, -0.25) is 0 Å². The number of hydrogen-bond donors (Lipinski definition) is 0. The molecule has 0 heterocycles. The molecule has 0 aromatic heterocycles. The lowest BCUT2D eigenvalue weighted by Crippen LogP contribution is -2.01. The highest BCUT2D eigenvalue weighted by molar-refractivity contribution is 5.87. The van der Waals surface area contributed by atoms with E-state index in [1.165, 1.54) is 6.08 Å². The Morgan fingerprint density at radius 1 is 1.04 bits per heavy atom. The highest BCUT2D eigenvalue weighted by Crippen LogP contribution is 2.15. The minimum absolute atomic E-state index is 0.303. The second-order valence-corrected chi connectivity index (χ2v) is 5.20. The predicted molar refractivity (Wildman–Crippen MR) is 92.1 cm³/mol. The van der Waals surface area contributed by atoms with Crippen LogP contribution in [0, 0.1) is 0 Å². The molecule has 3 heteroatoms. The first-order valence-electron chi connectivity index (χ1n) is 7.89. The molecule has 0 fully saturated rings. The highest BCUT2D eigenvalue weighted by Gasteiger charge is 1.98. The summed E-state index contributed by atoms with van der Waals surface area (Å²) in [6.45, 7) is 3.08. The van der Waals surface area contributed by atoms with Crippen molar-refractivity contribution in [1.29, 1.82) is 0 Å². The number of benzene rings is 2. The fourth-order valence-corrected chi connectivity index (χ4v) is 1.95. The molecule has 0 atom stereocenters. The van der Waals surface area contributed by atoms with Gasteiger partial charge in [0.1, 0.15) is 12.4 Å². The SMILES string of the molecule is CCCCOC(=O)/C=C/c1ccc(OCc2ccccc2)cc1. The van der Waals surface area contributed by atoms with Crippen molar-refractivity contribution in [3.8, 4) is 5.75 Å². The second-order valence-electron chi connectivity index (χ2n) is 5.20. The predicted octanol–water partition coefficient (Wildman–Crippen LogP) is 4.62. The van der Waals surface area contributed by atoms with E-state index in [1.807, 2.05) is 54.6 Å². The van der Waals surface area contributed by atoms with Crippen molar-refractivity contribution in [3.63, 3.8) is 0 Å². The molecular formula is C20H22O3. The largest absolute Gasteiger partial charge is 0.489 e. The number of carbonyl (C=O) groups excluding carboxylic acids is 1. The number of esters is 1. The van der Waals surface area contributed by atoms with E-state index < -0.39 is 0 Å². The molecule has 2 aromatic carbocycles. The average Bonchev–Trinajstić information content (AvgIpc) is 2.60. The van der Waals surface area contributed by atoms with Gasteiger partial charge in [-0.15, -0.1) is 0 Å². The summed E-state index contributed by atoms with van der Waals surface area (Å²) >= 11 is 0. The molecule has 23 heavy (non-hydrogen) atoms. The summed E-state index contributed by atoms with van der Waals surface area (Å²) in [6, 6.07) is 17.6. The van der Waals surface area contributed by atoms with E-state index in [0.29, 0.717) is 13.2 Å². The summed E-state index contributed by atoms with van der Waals surface area (Å²) < 4.78 is 10.8. The Balaban J connectivity index is 1.81. The van der Waals surface area contributed by atoms with Crippen LogP contribution in [-0.4, -0.2) is 12.6 Å². The zero-order chi connectivity index (χ0) is 16.3. The molecular weight excluding hydrogens is 288 g/mol. The molecule has 3 nitrogen and oxygen atoms in total. The normalized spacial score (nSPS) is 10.7. The van der Waals surface area contributed by atoms with E-state index in [0.717, 1.165) is 29.7 Å². The molecule has 0 aliphatic carbocycles. The molecule has 0 spiro atoms. The molecule has 0 aliphatic heterocycles. The van der Waals surface area contributed by atoms with E-state index in [9.17, 15) is 4.79 Å². The summed E-state index contributed by atoms with van der Waals surface area (Å²) in [4.78, 5) is 11.5. The maximum atomic E-state index is 11.5. The smallest absolute Gasteiger partial charge is 0.330 e. The van der Waals surface area contributed by atoms with E-state index >= 15 is 0 Å². The van der Waals surface area contributed by atoms with E-state index in [2.05, 4.69) is 6.92 Å². The molecule has 0 amide bonds. The summed E-state index contributed by atoms with van der Waals surface area (Å²) in [5.41, 5.74) is 2.07. The van der Waals surface area contributed by atoms with Crippen molar-refractivity contribution in [3.05, 3.63) is 71.8 Å². The molecule has 0 aliphatic rings. The van der Waals surface area contributed by atoms with Crippen LogP contribution in [0.3, 0.4) is 0 Å². The van der Waals surface area contributed by atoms with Crippen molar-refractivity contribution >= 4 is 12.0 Å². The Morgan fingerprint density at radius 3 is 2.48 bits per heavy atom. The van der Waals surface area contributed by atoms with Crippen molar-refractivity contribution in [2.75, 3.05) is 6.61 Å². The minimum Gasteiger partial charge on any atom is -0.489 e. The van der Waals surface area contributed by atoms with Crippen LogP contribution in [0.2, 0.25) is 0 Å². The van der Waals surface area contributed by atoms with Gasteiger partial charge < -0.3 is 9.47 Å². The van der Waals surface area contributed by atoms with Gasteiger partial charge in [-0.25, -0.2) is 4.79 Å². The van der Waals surface area contributed by atoms with Crippen molar-refractivity contribution in [1.82, 2.24) is 0 Å². The molecule has 120 valence electrons. The van der Waals surface area contributed by atoms with Gasteiger partial charge in [0.05, 0.1) is 6.61 Å². The van der Waals surface area contributed by atoms with E-state index in [4.69, 9.17) is 9.47 Å². The quantitative estimate of drug-likeness (QED) is 0.405. The van der Waals surface area contributed by atoms with E-state index in [-0.39, 0.29) is 5.97 Å². The molecule has 0 N–H and O–H groups in total. The number of hydrogen-bond acceptors (Lipinski definition) is 3. The summed E-state index contributed by atoms with van der Waals surface area (Å²) in [6.07, 6.45) is 5.11. The van der Waals surface area contributed by atoms with Crippen molar-refractivity contribution < 1.29 is 14.3 Å². The molecule has 0 bridgehead atoms. The summed E-state index contributed by atoms with van der Waals surface area (Å²) in [5, 5.41) is 0. The molecule has 2 aromatic rings. The summed E-state index contributed by atoms with van der Waals surface area (Å²) in [7, 11) is 0. The monoisotopic (exact) mass is 310 g/mol. The number of carbonyl (C=O) groups is 1. The van der Waals surface area contributed by atoms with Gasteiger partial charge in [0.15, 0.2) is 0 Å². The Kier molecular flexibility index (Phi) is 6.92. The Morgan fingerprint density at radius 2 is 1.78 bits per heavy atom. The first-order valence-corrected chi connectivity index (χ1v) is 7.89. The number of unbranched alkanes of at least 4 members (excludes halogenated alkanes) is 1. The maximum absolute atomic E-state index is 11.5. The average molecular weight is 310 g/mol. The van der Waals surface area contributed by atoms with Gasteiger partial charge in [-0.05, 0) is 35.8 Å². The third-order valence-corrected chi connectivity index (χ3v) is 3.28. The first kappa shape index (κ1) is 16.8. The van der Waals surface area contributed by atoms with Gasteiger partial charge in [0.2, 0.25) is 0 Å². The third-order valence-electron chi connectivity index (χ3n) is 3.28. The van der Waals surface area contributed by atoms with Gasteiger partial charge >= 0.3 is 5.97 Å². The first-order chi connectivity index (χ1) is 11.3. The van der Waals surface area contributed by atoms with Gasteiger partial charge in [0.25, 0.3) is 0 Å². The lowest BCUT2D eigenvalue weighted by atomic mass is 10.2. The lowest BCUT2D eigenvalue weighted by molar-refractivity contribution is -0.137. The van der Waals surface area contributed by atoms with Gasteiger partial charge in [-0.2, -0.15) is 0 Å². The van der Waals surface area contributed by atoms with Crippen LogP contribution in [0.4, 0.5) is 0 Å². The van der Waals surface area contributed by atoms with Crippen LogP contribution in [0.15, 0.2) is 60.7 Å². The number of ether oxygens (including phenoxy) is 2. The van der Waals surface area contributed by atoms with Crippen LogP contribution in [-0.2, 0) is 16.1 Å². The zero-order valence-corrected chi connectivity index (χ0v) is 13.4. The van der Waals surface area contributed by atoms with Crippen LogP contribution in [0.1, 0.15) is 30.9 Å². The van der Waals surface area contributed by atoms with Gasteiger partial charge in [0, 0.05) is 6.08 Å². The van der Waals surface area contributed by atoms with Crippen LogP contribution >= 0.6 is 0 Å². The molecule has 0 saturated carbocycles. The summed E-state index contributed by atoms with van der Waals surface area (Å²) in [5.74, 6) is 0.499. The van der Waals surface area contributed by atoms with Crippen LogP contribution in [0.5, 0.6) is 5.75 Å². The number of rotatable bonds is 8. The highest BCUT2D eigenvalue weighted by atomic mass is 16.5. The topological polar surface area (TPSA) is 35.5 Å². The molecule has 2 rings (SSSR count). The van der Waals surface area contributed by atoms with Crippen LogP contribution in [0.25, 0.3) is 6.08 Å². The standard InChI is InChI=1S/C20H22O3/c1-2-3-15-22-20(21)14-11-17-9-12-19(13-10-17)23-16-18-7-5-4-6-8-18/h4-14H,2-3,15-16H2,1H3/b14-11+. The van der Waals surface area contributed by atoms with Gasteiger partial charge in [-0.1, -0.05) is 55.8 Å². The van der Waals surface area contributed by atoms with Crippen LogP contribution < -0.4 is 4.74 Å². The zero-order valence-electron chi connectivity index (χ0n) is 13.4. The Labute approximate surface area is 137 Å². The van der Waals surface area contributed by atoms with E-state index in [1.54, 1.807) is 6.08 Å². The second kappa shape index (κ2) is 9.46. The van der Waals surface area contributed by atoms with Crippen molar-refractivity contribution in [2.24, 2.45) is 0 Å². The lowest BCUT2D eigenvalue weighted by Gasteiger charge is -2.06. The molecule has 0 radical (unpaired) electrons. The van der Waals surface area contributed by atoms with Crippen molar-refractivity contribution in [2.45, 2.75) is 26.4 Å². The maximum Gasteiger partial charge on any atom is 0.330 e. The Bertz CT molecular complexity index is 615. The Hall–Kier alpha value is -2.55.